The second kappa shape index (κ2) is 6.47. The predicted molar refractivity (Wildman–Crippen MR) is 92.6 cm³/mol. The van der Waals surface area contributed by atoms with Crippen molar-refractivity contribution in [2.24, 2.45) is 5.92 Å². The molecule has 2 N–H and O–H groups in total. The zero-order chi connectivity index (χ0) is 17.3. The van der Waals surface area contributed by atoms with Gasteiger partial charge < -0.3 is 15.3 Å². The second-order valence-corrected chi connectivity index (χ2v) is 6.48. The normalized spacial score (nSPS) is 17.1. The summed E-state index contributed by atoms with van der Waals surface area (Å²) in [5, 5.41) is 13.2. The fourth-order valence-corrected chi connectivity index (χ4v) is 2.99. The number of carbonyl (C=O) groups excluding carboxylic acids is 1. The van der Waals surface area contributed by atoms with Crippen molar-refractivity contribution in [2.45, 2.75) is 27.2 Å². The van der Waals surface area contributed by atoms with Gasteiger partial charge in [0.1, 0.15) is 5.75 Å². The minimum Gasteiger partial charge on any atom is -0.507 e. The lowest BCUT2D eigenvalue weighted by atomic mass is 10.1. The van der Waals surface area contributed by atoms with Crippen LogP contribution in [0.5, 0.6) is 5.75 Å². The maximum Gasteiger partial charge on any atom is 0.257 e. The molecule has 1 aliphatic rings. The molecule has 1 fully saturated rings. The molecule has 1 saturated heterocycles. The molecule has 1 aromatic carbocycles. The summed E-state index contributed by atoms with van der Waals surface area (Å²) in [6.45, 7) is 7.40. The number of hydrogen-bond acceptors (Lipinski definition) is 5. The number of nitrogens with one attached hydrogen (secondary N) is 1. The van der Waals surface area contributed by atoms with E-state index in [0.29, 0.717) is 23.1 Å². The molecule has 1 amide bonds. The van der Waals surface area contributed by atoms with E-state index < -0.39 is 0 Å². The average molecular weight is 326 g/mol. The Hall–Kier alpha value is -2.63. The number of nitrogens with zero attached hydrogens (tertiary/aromatic N) is 3. The smallest absolute Gasteiger partial charge is 0.257 e. The third-order valence-electron chi connectivity index (χ3n) is 4.18. The monoisotopic (exact) mass is 326 g/mol. The van der Waals surface area contributed by atoms with Crippen LogP contribution in [0.2, 0.25) is 0 Å². The molecule has 0 radical (unpaired) electrons. The lowest BCUT2D eigenvalue weighted by Gasteiger charge is -2.17. The highest BCUT2D eigenvalue weighted by Gasteiger charge is 2.26. The molecule has 0 saturated carbocycles. The molecule has 2 aromatic rings. The maximum absolute atomic E-state index is 12.6. The van der Waals surface area contributed by atoms with E-state index >= 15 is 0 Å². The van der Waals surface area contributed by atoms with Gasteiger partial charge in [-0.3, -0.25) is 4.79 Å². The third-order valence-corrected chi connectivity index (χ3v) is 4.18. The Morgan fingerprint density at radius 3 is 2.58 bits per heavy atom. The van der Waals surface area contributed by atoms with Gasteiger partial charge in [0.2, 0.25) is 5.95 Å². The number of aromatic nitrogens is 2. The van der Waals surface area contributed by atoms with Gasteiger partial charge in [0.15, 0.2) is 0 Å². The van der Waals surface area contributed by atoms with Crippen molar-refractivity contribution >= 4 is 17.5 Å². The van der Waals surface area contributed by atoms with Crippen LogP contribution in [0.1, 0.15) is 35.1 Å². The van der Waals surface area contributed by atoms with Gasteiger partial charge >= 0.3 is 0 Å². The molecular formula is C18H22N4O2. The fourth-order valence-electron chi connectivity index (χ4n) is 2.99. The molecule has 1 aliphatic heterocycles. The number of aromatic hydroxyl groups is 1. The quantitative estimate of drug-likeness (QED) is 0.848. The second-order valence-electron chi connectivity index (χ2n) is 6.48. The summed E-state index contributed by atoms with van der Waals surface area (Å²) in [4.78, 5) is 23.1. The maximum atomic E-state index is 12.6. The summed E-state index contributed by atoms with van der Waals surface area (Å²) in [6.07, 6.45) is 1.00. The highest BCUT2D eigenvalue weighted by molar-refractivity contribution is 5.98. The largest absolute Gasteiger partial charge is 0.507 e. The van der Waals surface area contributed by atoms with Gasteiger partial charge in [-0.05, 0) is 50.5 Å². The van der Waals surface area contributed by atoms with Crippen LogP contribution < -0.4 is 5.32 Å². The standard InChI is InChI=1S/C18H22N4O2/c1-11-6-7-22(10-11)17(24)15-9-14(4-5-16(15)23)21-18-19-12(2)8-13(3)20-18/h4-5,8-9,11,23H,6-7,10H2,1-3H3,(H,19,20,21)/t11-/m0/s1. The van der Waals surface area contributed by atoms with Gasteiger partial charge in [-0.1, -0.05) is 6.92 Å². The highest BCUT2D eigenvalue weighted by Crippen LogP contribution is 2.27. The van der Waals surface area contributed by atoms with E-state index in [1.807, 2.05) is 19.9 Å². The van der Waals surface area contributed by atoms with Gasteiger partial charge in [-0.25, -0.2) is 9.97 Å². The molecule has 0 aliphatic carbocycles. The molecule has 3 rings (SSSR count). The number of hydrogen-bond donors (Lipinski definition) is 2. The molecular weight excluding hydrogens is 304 g/mol. The average Bonchev–Trinajstić information content (AvgIpc) is 2.94. The number of phenols is 1. The Morgan fingerprint density at radius 2 is 1.96 bits per heavy atom. The van der Waals surface area contributed by atoms with E-state index in [9.17, 15) is 9.90 Å². The number of rotatable bonds is 3. The van der Waals surface area contributed by atoms with Crippen LogP contribution in [0.25, 0.3) is 0 Å². The number of amides is 1. The van der Waals surface area contributed by atoms with Gasteiger partial charge in [-0.2, -0.15) is 0 Å². The van der Waals surface area contributed by atoms with Crippen molar-refractivity contribution in [2.75, 3.05) is 18.4 Å². The van der Waals surface area contributed by atoms with E-state index in [2.05, 4.69) is 22.2 Å². The molecule has 6 heteroatoms. The molecule has 0 bridgehead atoms. The summed E-state index contributed by atoms with van der Waals surface area (Å²) in [6, 6.07) is 6.78. The minimum absolute atomic E-state index is 0.00792. The molecule has 1 aromatic heterocycles. The summed E-state index contributed by atoms with van der Waals surface area (Å²) in [5.74, 6) is 0.834. The van der Waals surface area contributed by atoms with Crippen LogP contribution in [-0.4, -0.2) is 39.0 Å². The summed E-state index contributed by atoms with van der Waals surface area (Å²) in [5.41, 5.74) is 2.71. The lowest BCUT2D eigenvalue weighted by Crippen LogP contribution is -2.28. The molecule has 2 heterocycles. The molecule has 6 nitrogen and oxygen atoms in total. The molecule has 1 atom stereocenters. The summed E-state index contributed by atoms with van der Waals surface area (Å²) in [7, 11) is 0. The topological polar surface area (TPSA) is 78.4 Å². The van der Waals surface area contributed by atoms with Crippen LogP contribution in [0.3, 0.4) is 0 Å². The number of phenolic OH excluding ortho intramolecular Hbond substituents is 1. The number of anilines is 2. The van der Waals surface area contributed by atoms with Crippen molar-refractivity contribution in [3.63, 3.8) is 0 Å². The van der Waals surface area contributed by atoms with Crippen LogP contribution in [0.15, 0.2) is 24.3 Å². The first-order valence-electron chi connectivity index (χ1n) is 8.14. The zero-order valence-corrected chi connectivity index (χ0v) is 14.2. The SMILES string of the molecule is Cc1cc(C)nc(Nc2ccc(O)c(C(=O)N3CC[C@H](C)C3)c2)n1. The fraction of sp³-hybridized carbons (Fsp3) is 0.389. The first kappa shape index (κ1) is 16.2. The number of carbonyl (C=O) groups is 1. The van der Waals surface area contributed by atoms with Gasteiger partial charge in [-0.15, -0.1) is 0 Å². The highest BCUT2D eigenvalue weighted by atomic mass is 16.3. The Morgan fingerprint density at radius 1 is 1.25 bits per heavy atom. The molecule has 0 spiro atoms. The summed E-state index contributed by atoms with van der Waals surface area (Å²) >= 11 is 0. The van der Waals surface area contributed by atoms with E-state index in [-0.39, 0.29) is 11.7 Å². The van der Waals surface area contributed by atoms with E-state index in [4.69, 9.17) is 0 Å². The van der Waals surface area contributed by atoms with Crippen molar-refractivity contribution in [3.8, 4) is 5.75 Å². The van der Waals surface area contributed by atoms with Gasteiger partial charge in [0, 0.05) is 30.2 Å². The van der Waals surface area contributed by atoms with Crippen LogP contribution in [-0.2, 0) is 0 Å². The molecule has 0 unspecified atom stereocenters. The van der Waals surface area contributed by atoms with Crippen LogP contribution in [0, 0.1) is 19.8 Å². The molecule has 24 heavy (non-hydrogen) atoms. The lowest BCUT2D eigenvalue weighted by molar-refractivity contribution is 0.0785. The summed E-state index contributed by atoms with van der Waals surface area (Å²) < 4.78 is 0. The Kier molecular flexibility index (Phi) is 4.38. The van der Waals surface area contributed by atoms with Gasteiger partial charge in [0.25, 0.3) is 5.91 Å². The Bertz CT molecular complexity index is 755. The van der Waals surface area contributed by atoms with E-state index in [1.165, 1.54) is 6.07 Å². The van der Waals surface area contributed by atoms with Crippen molar-refractivity contribution in [1.82, 2.24) is 14.9 Å². The van der Waals surface area contributed by atoms with Crippen LogP contribution >= 0.6 is 0 Å². The first-order valence-corrected chi connectivity index (χ1v) is 8.14. The third kappa shape index (κ3) is 3.48. The first-order chi connectivity index (χ1) is 11.4. The number of benzene rings is 1. The van der Waals surface area contributed by atoms with E-state index in [1.54, 1.807) is 17.0 Å². The number of aryl methyl sites for hydroxylation is 2. The zero-order valence-electron chi connectivity index (χ0n) is 14.2. The van der Waals surface area contributed by atoms with Crippen molar-refractivity contribution in [1.29, 1.82) is 0 Å². The predicted octanol–water partition coefficient (Wildman–Crippen LogP) is 3.02. The Balaban J connectivity index is 1.84. The minimum atomic E-state index is -0.137. The number of likely N-dealkylation sites (tertiary alicyclic amines) is 1. The van der Waals surface area contributed by atoms with Gasteiger partial charge in [0.05, 0.1) is 5.56 Å². The Labute approximate surface area is 141 Å². The molecule has 126 valence electrons. The van der Waals surface area contributed by atoms with E-state index in [0.717, 1.165) is 30.9 Å². The van der Waals surface area contributed by atoms with Crippen LogP contribution in [0.4, 0.5) is 11.6 Å². The van der Waals surface area contributed by atoms with Crippen molar-refractivity contribution < 1.29 is 9.90 Å². The van der Waals surface area contributed by atoms with Crippen molar-refractivity contribution in [3.05, 3.63) is 41.2 Å².